The van der Waals surface area contributed by atoms with Crippen LogP contribution in [0.25, 0.3) is 0 Å². The summed E-state index contributed by atoms with van der Waals surface area (Å²) in [5.74, 6) is 1.30. The van der Waals surface area contributed by atoms with Crippen LogP contribution >= 0.6 is 23.2 Å². The molecule has 140 valence electrons. The van der Waals surface area contributed by atoms with E-state index < -0.39 is 33.8 Å². The predicted octanol–water partition coefficient (Wildman–Crippen LogP) is 6.11. The number of halogens is 2. The van der Waals surface area contributed by atoms with Crippen molar-refractivity contribution in [3.63, 3.8) is 0 Å². The van der Waals surface area contributed by atoms with Crippen molar-refractivity contribution < 1.29 is 12.3 Å². The highest BCUT2D eigenvalue weighted by Crippen LogP contribution is 2.30. The largest absolute Gasteiger partial charge is 0.437 e. The Morgan fingerprint density at radius 1 is 0.565 bits per heavy atom. The van der Waals surface area contributed by atoms with E-state index in [4.69, 9.17) is 35.5 Å². The van der Waals surface area contributed by atoms with Gasteiger partial charge in [-0.3, -0.25) is 0 Å². The van der Waals surface area contributed by atoms with E-state index in [0.717, 1.165) is 24.9 Å². The van der Waals surface area contributed by atoms with Gasteiger partial charge in [-0.2, -0.15) is 0 Å². The zero-order chi connectivity index (χ0) is 18.4. The molecule has 0 aliphatic rings. The zero-order valence-electron chi connectivity index (χ0n) is 16.2. The first-order valence-electron chi connectivity index (χ1n) is 8.47. The fourth-order valence-electron chi connectivity index (χ4n) is 2.77. The van der Waals surface area contributed by atoms with Crippen LogP contribution in [0.5, 0.6) is 0 Å². The first-order valence-corrected chi connectivity index (χ1v) is 21.4. The Balaban J connectivity index is 5.31. The Hall–Kier alpha value is 1.33. The summed E-state index contributed by atoms with van der Waals surface area (Å²) >= 11 is 11.9. The van der Waals surface area contributed by atoms with E-state index in [0.29, 0.717) is 11.8 Å². The highest BCUT2D eigenvalue weighted by molar-refractivity contribution is 6.89. The Morgan fingerprint density at radius 3 is 1.09 bits per heavy atom. The van der Waals surface area contributed by atoms with Crippen LogP contribution < -0.4 is 0 Å². The summed E-state index contributed by atoms with van der Waals surface area (Å²) in [4.78, 5) is 0. The van der Waals surface area contributed by atoms with Crippen LogP contribution in [0, 0.1) is 0 Å². The van der Waals surface area contributed by atoms with Crippen LogP contribution in [-0.4, -0.2) is 45.5 Å². The van der Waals surface area contributed by atoms with Crippen molar-refractivity contribution in [1.82, 2.24) is 0 Å². The third kappa shape index (κ3) is 12.3. The van der Waals surface area contributed by atoms with Crippen molar-refractivity contribution in [2.45, 2.75) is 77.3 Å². The van der Waals surface area contributed by atoms with Crippen molar-refractivity contribution >= 4 is 57.0 Å². The SMILES string of the molecule is C[Si](C)(C)O[Si](C)(CCCCl)O[Si](C)(CCCCl)O[Si](C)(C)C. The molecule has 0 aliphatic heterocycles. The summed E-state index contributed by atoms with van der Waals surface area (Å²) in [6, 6.07) is 1.86. The van der Waals surface area contributed by atoms with Gasteiger partial charge in [0.1, 0.15) is 0 Å². The molecule has 0 N–H and O–H groups in total. The molecule has 0 saturated heterocycles. The molecule has 0 amide bonds. The summed E-state index contributed by atoms with van der Waals surface area (Å²) < 4.78 is 19.9. The van der Waals surface area contributed by atoms with Crippen molar-refractivity contribution in [2.24, 2.45) is 0 Å². The highest BCUT2D eigenvalue weighted by Gasteiger charge is 2.46. The van der Waals surface area contributed by atoms with Crippen molar-refractivity contribution in [3.05, 3.63) is 0 Å². The molecule has 0 aromatic carbocycles. The van der Waals surface area contributed by atoms with Gasteiger partial charge in [0.05, 0.1) is 0 Å². The molecule has 0 radical (unpaired) electrons. The van der Waals surface area contributed by atoms with E-state index in [1.807, 2.05) is 0 Å². The van der Waals surface area contributed by atoms with Crippen LogP contribution in [0.1, 0.15) is 12.8 Å². The quantitative estimate of drug-likeness (QED) is 0.273. The second kappa shape index (κ2) is 9.87. The minimum Gasteiger partial charge on any atom is -0.437 e. The van der Waals surface area contributed by atoms with Crippen LogP contribution in [0.15, 0.2) is 0 Å². The predicted molar refractivity (Wildman–Crippen MR) is 113 cm³/mol. The van der Waals surface area contributed by atoms with Gasteiger partial charge >= 0.3 is 17.1 Å². The van der Waals surface area contributed by atoms with Crippen LogP contribution in [0.4, 0.5) is 0 Å². The summed E-state index contributed by atoms with van der Waals surface area (Å²) in [7, 11) is -7.97. The molecule has 3 nitrogen and oxygen atoms in total. The van der Waals surface area contributed by atoms with Crippen molar-refractivity contribution in [3.8, 4) is 0 Å². The molecule has 9 heteroatoms. The van der Waals surface area contributed by atoms with E-state index in [2.05, 4.69) is 52.4 Å². The lowest BCUT2D eigenvalue weighted by atomic mass is 10.6. The van der Waals surface area contributed by atoms with Crippen LogP contribution in [0.3, 0.4) is 0 Å². The number of hydrogen-bond donors (Lipinski definition) is 0. The topological polar surface area (TPSA) is 27.7 Å². The summed E-state index contributed by atoms with van der Waals surface area (Å²) in [6.07, 6.45) is 1.86. The Morgan fingerprint density at radius 2 is 0.870 bits per heavy atom. The fourth-order valence-corrected chi connectivity index (χ4v) is 21.9. The molecule has 0 spiro atoms. The molecule has 0 rings (SSSR count). The first kappa shape index (κ1) is 24.3. The molecule has 0 saturated carbocycles. The minimum absolute atomic E-state index is 0.649. The maximum Gasteiger partial charge on any atom is 0.315 e. The van der Waals surface area contributed by atoms with Gasteiger partial charge < -0.3 is 12.3 Å². The van der Waals surface area contributed by atoms with Gasteiger partial charge in [0, 0.05) is 11.8 Å². The number of rotatable bonds is 12. The first-order chi connectivity index (χ1) is 10.2. The lowest BCUT2D eigenvalue weighted by molar-refractivity contribution is 0.316. The van der Waals surface area contributed by atoms with Crippen molar-refractivity contribution in [2.75, 3.05) is 11.8 Å². The van der Waals surface area contributed by atoms with Crippen LogP contribution in [0.2, 0.25) is 64.5 Å². The molecule has 0 heterocycles. The van der Waals surface area contributed by atoms with E-state index in [-0.39, 0.29) is 0 Å². The monoisotopic (exact) mass is 434 g/mol. The smallest absolute Gasteiger partial charge is 0.315 e. The van der Waals surface area contributed by atoms with Gasteiger partial charge in [-0.25, -0.2) is 0 Å². The molecular weight excluding hydrogens is 399 g/mol. The Labute approximate surface area is 158 Å². The fraction of sp³-hybridized carbons (Fsp3) is 1.00. The summed E-state index contributed by atoms with van der Waals surface area (Å²) in [5.41, 5.74) is 0. The van der Waals surface area contributed by atoms with E-state index >= 15 is 0 Å². The second-order valence-electron chi connectivity index (χ2n) is 8.38. The molecule has 23 heavy (non-hydrogen) atoms. The molecule has 0 aromatic rings. The minimum atomic E-state index is -2.30. The normalized spacial score (nSPS) is 18.5. The molecule has 0 fully saturated rings. The Bertz CT molecular complexity index is 318. The molecular formula is C14H36Cl2O3Si4. The maximum absolute atomic E-state index is 6.77. The molecule has 2 unspecified atom stereocenters. The van der Waals surface area contributed by atoms with Gasteiger partial charge in [-0.1, -0.05) is 0 Å². The summed E-state index contributed by atoms with van der Waals surface area (Å²) in [5, 5.41) is 0. The Kier molecular flexibility index (Phi) is 10.4. The van der Waals surface area contributed by atoms with E-state index in [1.54, 1.807) is 0 Å². The third-order valence-corrected chi connectivity index (χ3v) is 17.9. The zero-order valence-corrected chi connectivity index (χ0v) is 21.7. The van der Waals surface area contributed by atoms with Crippen LogP contribution in [-0.2, 0) is 12.3 Å². The van der Waals surface area contributed by atoms with Gasteiger partial charge in [-0.15, -0.1) is 23.2 Å². The average molecular weight is 436 g/mol. The van der Waals surface area contributed by atoms with Gasteiger partial charge in [0.2, 0.25) is 0 Å². The molecule has 0 aromatic heterocycles. The van der Waals surface area contributed by atoms with Gasteiger partial charge in [-0.05, 0) is 77.3 Å². The standard InChI is InChI=1S/C14H36Cl2O3Si4/c1-20(2,3)17-22(7,13-9-11-15)19-23(8,14-10-12-16)18-21(4,5)6/h9-14H2,1-8H3. The summed E-state index contributed by atoms with van der Waals surface area (Å²) in [6.45, 7) is 17.7. The van der Waals surface area contributed by atoms with Crippen molar-refractivity contribution in [1.29, 1.82) is 0 Å². The average Bonchev–Trinajstić information content (AvgIpc) is 2.29. The van der Waals surface area contributed by atoms with Gasteiger partial charge in [0.25, 0.3) is 0 Å². The van der Waals surface area contributed by atoms with E-state index in [9.17, 15) is 0 Å². The number of alkyl halides is 2. The highest BCUT2D eigenvalue weighted by atomic mass is 35.5. The lowest BCUT2D eigenvalue weighted by Crippen LogP contribution is -2.58. The van der Waals surface area contributed by atoms with E-state index in [1.165, 1.54) is 0 Å². The second-order valence-corrected chi connectivity index (χ2v) is 25.6. The molecule has 0 aliphatic carbocycles. The maximum atomic E-state index is 6.77. The third-order valence-electron chi connectivity index (χ3n) is 3.01. The molecule has 0 bridgehead atoms. The molecule has 2 atom stereocenters. The van der Waals surface area contributed by atoms with Gasteiger partial charge in [0.15, 0.2) is 16.6 Å². The number of hydrogen-bond acceptors (Lipinski definition) is 3. The lowest BCUT2D eigenvalue weighted by Gasteiger charge is -2.43.